The second-order valence-electron chi connectivity index (χ2n) is 6.67. The Morgan fingerprint density at radius 2 is 2.10 bits per heavy atom. The normalized spacial score (nSPS) is 13.4. The lowest BCUT2D eigenvalue weighted by Gasteiger charge is -2.09. The number of aromatic nitrogens is 6. The van der Waals surface area contributed by atoms with E-state index in [-0.39, 0.29) is 11.7 Å². The zero-order valence-corrected chi connectivity index (χ0v) is 17.7. The first-order valence-corrected chi connectivity index (χ1v) is 10.6. The zero-order valence-electron chi connectivity index (χ0n) is 16.1. The van der Waals surface area contributed by atoms with E-state index in [4.69, 9.17) is 17.0 Å². The molecule has 9 nitrogen and oxygen atoms in total. The van der Waals surface area contributed by atoms with E-state index in [0.717, 1.165) is 35.9 Å². The number of hydrogen-bond acceptors (Lipinski definition) is 7. The second kappa shape index (κ2) is 8.37. The minimum atomic E-state index is -0.104. The Bertz CT molecular complexity index is 1070. The lowest BCUT2D eigenvalue weighted by atomic mass is 10.3. The summed E-state index contributed by atoms with van der Waals surface area (Å²) >= 11 is 6.60. The third-order valence-electron chi connectivity index (χ3n) is 4.59. The maximum Gasteiger partial charge on any atom is 0.230 e. The number of aromatic amines is 1. The Kier molecular flexibility index (Phi) is 5.67. The summed E-state index contributed by atoms with van der Waals surface area (Å²) in [6.07, 6.45) is 2.20. The SMILES string of the molecule is COc1ccc(-n2c(C)nnc2SCC(=O)NCc2n[nH]c(=S)n2C2CC2)cc1. The van der Waals surface area contributed by atoms with Crippen LogP contribution in [0.2, 0.25) is 0 Å². The monoisotopic (exact) mass is 431 g/mol. The van der Waals surface area contributed by atoms with Crippen molar-refractivity contribution in [1.29, 1.82) is 0 Å². The Balaban J connectivity index is 1.38. The Morgan fingerprint density at radius 3 is 2.79 bits per heavy atom. The van der Waals surface area contributed by atoms with Crippen molar-refractivity contribution in [2.45, 2.75) is 37.5 Å². The van der Waals surface area contributed by atoms with Gasteiger partial charge in [-0.05, 0) is 56.2 Å². The van der Waals surface area contributed by atoms with Crippen LogP contribution >= 0.6 is 24.0 Å². The van der Waals surface area contributed by atoms with Crippen molar-refractivity contribution in [2.24, 2.45) is 0 Å². The van der Waals surface area contributed by atoms with Crippen molar-refractivity contribution >= 4 is 29.9 Å². The summed E-state index contributed by atoms with van der Waals surface area (Å²) in [5, 5.41) is 18.9. The van der Waals surface area contributed by atoms with Crippen LogP contribution in [0.4, 0.5) is 0 Å². The van der Waals surface area contributed by atoms with E-state index in [1.54, 1.807) is 7.11 Å². The van der Waals surface area contributed by atoms with Crippen molar-refractivity contribution in [3.8, 4) is 11.4 Å². The molecule has 1 fully saturated rings. The predicted molar refractivity (Wildman–Crippen MR) is 111 cm³/mol. The Morgan fingerprint density at radius 1 is 1.34 bits per heavy atom. The van der Waals surface area contributed by atoms with Gasteiger partial charge >= 0.3 is 0 Å². The number of thioether (sulfide) groups is 1. The summed E-state index contributed by atoms with van der Waals surface area (Å²) in [5.74, 6) is 2.40. The molecule has 1 aliphatic carbocycles. The molecule has 4 rings (SSSR count). The molecule has 1 amide bonds. The van der Waals surface area contributed by atoms with Crippen LogP contribution in [0.1, 0.15) is 30.5 Å². The highest BCUT2D eigenvalue weighted by Crippen LogP contribution is 2.35. The summed E-state index contributed by atoms with van der Waals surface area (Å²) in [7, 11) is 1.63. The minimum absolute atomic E-state index is 0.104. The number of ether oxygens (including phenoxy) is 1. The minimum Gasteiger partial charge on any atom is -0.497 e. The van der Waals surface area contributed by atoms with Crippen LogP contribution in [-0.2, 0) is 11.3 Å². The molecular formula is C18H21N7O2S2. The molecule has 2 N–H and O–H groups in total. The van der Waals surface area contributed by atoms with E-state index < -0.39 is 0 Å². The number of rotatable bonds is 8. The van der Waals surface area contributed by atoms with E-state index >= 15 is 0 Å². The number of nitrogens with zero attached hydrogens (tertiary/aromatic N) is 5. The predicted octanol–water partition coefficient (Wildman–Crippen LogP) is 2.58. The van der Waals surface area contributed by atoms with Crippen molar-refractivity contribution in [3.63, 3.8) is 0 Å². The summed E-state index contributed by atoms with van der Waals surface area (Å²) in [6, 6.07) is 8.03. The van der Waals surface area contributed by atoms with Crippen molar-refractivity contribution in [2.75, 3.05) is 12.9 Å². The van der Waals surface area contributed by atoms with E-state index in [9.17, 15) is 4.79 Å². The molecule has 0 atom stereocenters. The van der Waals surface area contributed by atoms with Crippen molar-refractivity contribution in [1.82, 2.24) is 34.8 Å². The number of H-pyrrole nitrogens is 1. The fourth-order valence-corrected chi connectivity index (χ4v) is 4.12. The zero-order chi connectivity index (χ0) is 20.4. The topological polar surface area (TPSA) is 103 Å². The van der Waals surface area contributed by atoms with Gasteiger partial charge in [-0.1, -0.05) is 11.8 Å². The maximum atomic E-state index is 12.4. The first-order valence-electron chi connectivity index (χ1n) is 9.18. The fourth-order valence-electron chi connectivity index (χ4n) is 3.00. The van der Waals surface area contributed by atoms with Gasteiger partial charge in [-0.3, -0.25) is 19.0 Å². The van der Waals surface area contributed by atoms with Crippen LogP contribution in [0.5, 0.6) is 5.75 Å². The van der Waals surface area contributed by atoms with Crippen LogP contribution in [-0.4, -0.2) is 48.3 Å². The number of aryl methyl sites for hydroxylation is 1. The number of amides is 1. The molecule has 1 aliphatic rings. The van der Waals surface area contributed by atoms with Crippen LogP contribution in [0.15, 0.2) is 29.4 Å². The van der Waals surface area contributed by atoms with E-state index in [1.165, 1.54) is 11.8 Å². The molecule has 0 unspecified atom stereocenters. The number of methoxy groups -OCH3 is 1. The highest BCUT2D eigenvalue weighted by atomic mass is 32.2. The largest absolute Gasteiger partial charge is 0.497 e. The second-order valence-corrected chi connectivity index (χ2v) is 8.00. The molecule has 11 heteroatoms. The first kappa shape index (κ1) is 19.6. The quantitative estimate of drug-likeness (QED) is 0.417. The van der Waals surface area contributed by atoms with Gasteiger partial charge < -0.3 is 10.1 Å². The van der Waals surface area contributed by atoms with Gasteiger partial charge in [-0.2, -0.15) is 5.10 Å². The van der Waals surface area contributed by atoms with Gasteiger partial charge in [-0.15, -0.1) is 10.2 Å². The molecule has 0 spiro atoms. The van der Waals surface area contributed by atoms with E-state index in [1.807, 2.05) is 40.3 Å². The van der Waals surface area contributed by atoms with Crippen molar-refractivity contribution < 1.29 is 9.53 Å². The van der Waals surface area contributed by atoms with Gasteiger partial charge in [0.1, 0.15) is 11.6 Å². The molecule has 152 valence electrons. The molecule has 0 bridgehead atoms. The number of carbonyl (C=O) groups is 1. The third-order valence-corrected chi connectivity index (χ3v) is 5.81. The number of benzene rings is 1. The maximum absolute atomic E-state index is 12.4. The van der Waals surface area contributed by atoms with E-state index in [0.29, 0.717) is 22.5 Å². The van der Waals surface area contributed by atoms with Gasteiger partial charge in [0.25, 0.3) is 0 Å². The highest BCUT2D eigenvalue weighted by molar-refractivity contribution is 7.99. The molecule has 2 aromatic heterocycles. The standard InChI is InChI=1S/C18H21N7O2S2/c1-11-20-23-18(24(11)12-5-7-14(27-2)8-6-12)29-10-16(26)19-9-15-21-22-17(28)25(15)13-3-4-13/h5-8,13H,3-4,9-10H2,1-2H3,(H,19,26)(H,22,28). The average molecular weight is 432 g/mol. The van der Waals surface area contributed by atoms with Crippen LogP contribution in [0.25, 0.3) is 5.69 Å². The average Bonchev–Trinajstić information content (AvgIpc) is 3.40. The molecule has 0 aliphatic heterocycles. The Hall–Kier alpha value is -2.66. The van der Waals surface area contributed by atoms with Gasteiger partial charge in [0, 0.05) is 11.7 Å². The summed E-state index contributed by atoms with van der Waals surface area (Å²) < 4.78 is 9.71. The summed E-state index contributed by atoms with van der Waals surface area (Å²) in [6.45, 7) is 2.22. The van der Waals surface area contributed by atoms with Gasteiger partial charge in [-0.25, -0.2) is 0 Å². The summed E-state index contributed by atoms with van der Waals surface area (Å²) in [4.78, 5) is 12.4. The van der Waals surface area contributed by atoms with E-state index in [2.05, 4.69) is 25.7 Å². The Labute approximate surface area is 176 Å². The summed E-state index contributed by atoms with van der Waals surface area (Å²) in [5.41, 5.74) is 0.913. The molecule has 0 saturated heterocycles. The molecule has 29 heavy (non-hydrogen) atoms. The lowest BCUT2D eigenvalue weighted by Crippen LogP contribution is -2.26. The molecule has 3 aromatic rings. The smallest absolute Gasteiger partial charge is 0.230 e. The first-order chi connectivity index (χ1) is 14.1. The molecule has 1 saturated carbocycles. The number of carbonyl (C=O) groups excluding carboxylic acids is 1. The molecule has 1 aromatic carbocycles. The fraction of sp³-hybridized carbons (Fsp3) is 0.389. The van der Waals surface area contributed by atoms with Crippen LogP contribution < -0.4 is 10.1 Å². The molecule has 2 heterocycles. The van der Waals surface area contributed by atoms with Crippen molar-refractivity contribution in [3.05, 3.63) is 40.7 Å². The third kappa shape index (κ3) is 4.35. The van der Waals surface area contributed by atoms with Gasteiger partial charge in [0.2, 0.25) is 5.91 Å². The van der Waals surface area contributed by atoms with Crippen LogP contribution in [0.3, 0.4) is 0 Å². The number of hydrogen-bond donors (Lipinski definition) is 2. The van der Waals surface area contributed by atoms with Crippen LogP contribution in [0, 0.1) is 11.7 Å². The molecule has 0 radical (unpaired) electrons. The lowest BCUT2D eigenvalue weighted by molar-refractivity contribution is -0.118. The number of nitrogens with one attached hydrogen (secondary N) is 2. The van der Waals surface area contributed by atoms with Gasteiger partial charge in [0.15, 0.2) is 15.8 Å². The highest BCUT2D eigenvalue weighted by Gasteiger charge is 2.27. The van der Waals surface area contributed by atoms with Gasteiger partial charge in [0.05, 0.1) is 19.4 Å². The molecular weight excluding hydrogens is 410 g/mol.